The zero-order valence-electron chi connectivity index (χ0n) is 14.4. The number of amides is 2. The van der Waals surface area contributed by atoms with Crippen LogP contribution in [0.5, 0.6) is 0 Å². The molecule has 6 nitrogen and oxygen atoms in total. The summed E-state index contributed by atoms with van der Waals surface area (Å²) >= 11 is 3.35. The third-order valence-electron chi connectivity index (χ3n) is 3.83. The smallest absolute Gasteiger partial charge is 0.241 e. The van der Waals surface area contributed by atoms with Gasteiger partial charge in [0, 0.05) is 16.6 Å². The highest BCUT2D eigenvalue weighted by atomic mass is 79.9. The quantitative estimate of drug-likeness (QED) is 0.388. The predicted molar refractivity (Wildman–Crippen MR) is 109 cm³/mol. The number of nitrogens with two attached hydrogens (primary N) is 2. The maximum absolute atomic E-state index is 12.1. The minimum atomic E-state index is -0.609. The molecular weight excluding hydrogens is 396 g/mol. The van der Waals surface area contributed by atoms with E-state index in [9.17, 15) is 9.59 Å². The van der Waals surface area contributed by atoms with Gasteiger partial charge in [-0.05, 0) is 43.2 Å². The van der Waals surface area contributed by atoms with Crippen LogP contribution in [0.2, 0.25) is 0 Å². The molecule has 1 atom stereocenters. The summed E-state index contributed by atoms with van der Waals surface area (Å²) in [6.45, 7) is 0. The highest BCUT2D eigenvalue weighted by molar-refractivity contribution is 9.10. The lowest BCUT2D eigenvalue weighted by atomic mass is 10.1. The number of nitrogen functional groups attached to an aromatic ring is 1. The Morgan fingerprint density at radius 2 is 1.81 bits per heavy atom. The average molecular weight is 419 g/mol. The van der Waals surface area contributed by atoms with Crippen LogP contribution in [0.1, 0.15) is 25.7 Å². The molecule has 2 rings (SSSR count). The zero-order chi connectivity index (χ0) is 18.9. The SMILES string of the molecule is Nc1ccccc1NC(=O)CCCCC(N)C(=O)Nc1cccc(Br)c1. The number of hydrogen-bond donors (Lipinski definition) is 4. The minimum Gasteiger partial charge on any atom is -0.397 e. The van der Waals surface area contributed by atoms with Crippen LogP contribution in [0.15, 0.2) is 53.0 Å². The number of carbonyl (C=O) groups excluding carboxylic acids is 2. The van der Waals surface area contributed by atoms with E-state index >= 15 is 0 Å². The van der Waals surface area contributed by atoms with Crippen LogP contribution in [-0.2, 0) is 9.59 Å². The van der Waals surface area contributed by atoms with Crippen molar-refractivity contribution in [1.29, 1.82) is 0 Å². The van der Waals surface area contributed by atoms with Crippen molar-refractivity contribution in [3.05, 3.63) is 53.0 Å². The number of rotatable bonds is 8. The molecule has 0 aromatic heterocycles. The first-order valence-corrected chi connectivity index (χ1v) is 9.21. The molecule has 2 aromatic carbocycles. The first-order chi connectivity index (χ1) is 12.5. The van der Waals surface area contributed by atoms with Gasteiger partial charge in [0.1, 0.15) is 0 Å². The predicted octanol–water partition coefficient (Wildman–Crippen LogP) is 3.50. The van der Waals surface area contributed by atoms with Crippen molar-refractivity contribution in [1.82, 2.24) is 0 Å². The normalized spacial score (nSPS) is 11.6. The Balaban J connectivity index is 1.67. The first-order valence-electron chi connectivity index (χ1n) is 8.42. The summed E-state index contributed by atoms with van der Waals surface area (Å²) in [5.74, 6) is -0.334. The van der Waals surface area contributed by atoms with E-state index in [1.54, 1.807) is 18.2 Å². The van der Waals surface area contributed by atoms with Gasteiger partial charge in [0.25, 0.3) is 0 Å². The number of para-hydroxylation sites is 2. The van der Waals surface area contributed by atoms with E-state index < -0.39 is 6.04 Å². The second kappa shape index (κ2) is 9.94. The molecule has 0 heterocycles. The monoisotopic (exact) mass is 418 g/mol. The van der Waals surface area contributed by atoms with Crippen LogP contribution in [0.25, 0.3) is 0 Å². The van der Waals surface area contributed by atoms with Crippen molar-refractivity contribution in [2.24, 2.45) is 5.73 Å². The van der Waals surface area contributed by atoms with Crippen molar-refractivity contribution in [3.63, 3.8) is 0 Å². The molecule has 0 bridgehead atoms. The fourth-order valence-corrected chi connectivity index (χ4v) is 2.80. The van der Waals surface area contributed by atoms with Gasteiger partial charge in [-0.15, -0.1) is 0 Å². The molecule has 0 radical (unpaired) electrons. The Hall–Kier alpha value is -2.38. The summed E-state index contributed by atoms with van der Waals surface area (Å²) in [4.78, 5) is 24.0. The van der Waals surface area contributed by atoms with Gasteiger partial charge >= 0.3 is 0 Å². The molecule has 0 spiro atoms. The molecule has 1 unspecified atom stereocenters. The molecule has 7 heteroatoms. The van der Waals surface area contributed by atoms with E-state index in [4.69, 9.17) is 11.5 Å². The van der Waals surface area contributed by atoms with Gasteiger partial charge < -0.3 is 22.1 Å². The molecule has 2 amide bonds. The van der Waals surface area contributed by atoms with Crippen LogP contribution in [0.4, 0.5) is 17.1 Å². The van der Waals surface area contributed by atoms with Crippen molar-refractivity contribution in [2.45, 2.75) is 31.7 Å². The lowest BCUT2D eigenvalue weighted by Crippen LogP contribution is -2.35. The minimum absolute atomic E-state index is 0.102. The largest absolute Gasteiger partial charge is 0.397 e. The van der Waals surface area contributed by atoms with Crippen molar-refractivity contribution in [2.75, 3.05) is 16.4 Å². The Bertz CT molecular complexity index is 767. The lowest BCUT2D eigenvalue weighted by molar-refractivity contribution is -0.117. The second-order valence-electron chi connectivity index (χ2n) is 5.99. The molecule has 0 saturated heterocycles. The van der Waals surface area contributed by atoms with Crippen molar-refractivity contribution >= 4 is 44.8 Å². The highest BCUT2D eigenvalue weighted by Crippen LogP contribution is 2.18. The molecule has 26 heavy (non-hydrogen) atoms. The van der Waals surface area contributed by atoms with Crippen LogP contribution >= 0.6 is 15.9 Å². The van der Waals surface area contributed by atoms with Gasteiger partial charge in [-0.1, -0.05) is 40.5 Å². The number of unbranched alkanes of at least 4 members (excludes halogenated alkanes) is 1. The van der Waals surface area contributed by atoms with Gasteiger partial charge in [-0.25, -0.2) is 0 Å². The van der Waals surface area contributed by atoms with Gasteiger partial charge in [-0.2, -0.15) is 0 Å². The Kier molecular flexibility index (Phi) is 7.62. The van der Waals surface area contributed by atoms with Crippen LogP contribution in [0.3, 0.4) is 0 Å². The molecule has 0 fully saturated rings. The molecule has 0 aliphatic heterocycles. The molecule has 138 valence electrons. The van der Waals surface area contributed by atoms with E-state index in [1.165, 1.54) is 0 Å². The first kappa shape index (κ1) is 19.9. The molecule has 0 saturated carbocycles. The van der Waals surface area contributed by atoms with Gasteiger partial charge in [0.05, 0.1) is 17.4 Å². The topological polar surface area (TPSA) is 110 Å². The standard InChI is InChI=1S/C19H23BrN4O2/c20-13-6-5-7-14(12-13)23-19(26)16(22)9-2-4-11-18(25)24-17-10-3-1-8-15(17)21/h1,3,5-8,10,12,16H,2,4,9,11,21-22H2,(H,23,26)(H,24,25). The molecular formula is C19H23BrN4O2. The third kappa shape index (κ3) is 6.50. The van der Waals surface area contributed by atoms with Crippen molar-refractivity contribution < 1.29 is 9.59 Å². The summed E-state index contributed by atoms with van der Waals surface area (Å²) < 4.78 is 0.883. The Labute approximate surface area is 161 Å². The number of nitrogens with one attached hydrogen (secondary N) is 2. The third-order valence-corrected chi connectivity index (χ3v) is 4.33. The Morgan fingerprint density at radius 1 is 1.04 bits per heavy atom. The zero-order valence-corrected chi connectivity index (χ0v) is 16.0. The summed E-state index contributed by atoms with van der Waals surface area (Å²) in [5, 5.41) is 5.56. The summed E-state index contributed by atoms with van der Waals surface area (Å²) in [5.41, 5.74) is 13.6. The van der Waals surface area contributed by atoms with E-state index in [0.29, 0.717) is 42.7 Å². The lowest BCUT2D eigenvalue weighted by Gasteiger charge is -2.12. The number of anilines is 3. The van der Waals surface area contributed by atoms with Gasteiger partial charge in [0.2, 0.25) is 11.8 Å². The summed E-state index contributed by atoms with van der Waals surface area (Å²) in [6.07, 6.45) is 2.20. The van der Waals surface area contributed by atoms with E-state index in [1.807, 2.05) is 30.3 Å². The number of benzene rings is 2. The number of halogens is 1. The fraction of sp³-hybridized carbons (Fsp3) is 0.263. The van der Waals surface area contributed by atoms with E-state index in [-0.39, 0.29) is 11.8 Å². The maximum Gasteiger partial charge on any atom is 0.241 e. The highest BCUT2D eigenvalue weighted by Gasteiger charge is 2.14. The van der Waals surface area contributed by atoms with E-state index in [2.05, 4.69) is 26.6 Å². The summed E-state index contributed by atoms with van der Waals surface area (Å²) in [6, 6.07) is 13.8. The molecule has 0 aliphatic carbocycles. The number of carbonyl (C=O) groups is 2. The summed E-state index contributed by atoms with van der Waals surface area (Å²) in [7, 11) is 0. The Morgan fingerprint density at radius 3 is 2.54 bits per heavy atom. The van der Waals surface area contributed by atoms with Crippen LogP contribution in [0, 0.1) is 0 Å². The van der Waals surface area contributed by atoms with Crippen LogP contribution < -0.4 is 22.1 Å². The van der Waals surface area contributed by atoms with E-state index in [0.717, 1.165) is 4.47 Å². The number of hydrogen-bond acceptors (Lipinski definition) is 4. The average Bonchev–Trinajstić information content (AvgIpc) is 2.60. The van der Waals surface area contributed by atoms with Gasteiger partial charge in [0.15, 0.2) is 0 Å². The van der Waals surface area contributed by atoms with Crippen LogP contribution in [-0.4, -0.2) is 17.9 Å². The fourth-order valence-electron chi connectivity index (χ4n) is 2.41. The molecule has 2 aromatic rings. The van der Waals surface area contributed by atoms with Crippen molar-refractivity contribution in [3.8, 4) is 0 Å². The molecule has 6 N–H and O–H groups in total. The maximum atomic E-state index is 12.1. The second-order valence-corrected chi connectivity index (χ2v) is 6.90. The molecule has 0 aliphatic rings. The van der Waals surface area contributed by atoms with Gasteiger partial charge in [-0.3, -0.25) is 9.59 Å².